The normalized spacial score (nSPS) is 10.8. The second-order valence-electron chi connectivity index (χ2n) is 6.06. The molecule has 0 atom stereocenters. The molecule has 0 amide bonds. The van der Waals surface area contributed by atoms with Crippen molar-refractivity contribution in [2.75, 3.05) is 13.2 Å². The first-order valence-corrected chi connectivity index (χ1v) is 8.93. The molecule has 3 aromatic rings. The van der Waals surface area contributed by atoms with Crippen LogP contribution in [0.1, 0.15) is 21.6 Å². The molecular weight excluding hydrogens is 356 g/mol. The third kappa shape index (κ3) is 6.57. The van der Waals surface area contributed by atoms with E-state index in [0.29, 0.717) is 13.2 Å². The van der Waals surface area contributed by atoms with Crippen LogP contribution in [0, 0.1) is 6.20 Å². The zero-order chi connectivity index (χ0) is 19.4. The van der Waals surface area contributed by atoms with E-state index in [4.69, 9.17) is 14.2 Å². The lowest BCUT2D eigenvalue weighted by Gasteiger charge is -2.18. The van der Waals surface area contributed by atoms with Crippen molar-refractivity contribution in [3.8, 4) is 0 Å². The van der Waals surface area contributed by atoms with Crippen LogP contribution in [-0.2, 0) is 27.4 Å². The minimum Gasteiger partial charge on any atom is -0.453 e. The fraction of sp³-hybridized carbons (Fsp3) is 0.227. The standard InChI is InChI=1S/C22H21N2O4/c25-22(21-13-23-11-12-24-21)28-20(16-26-14-18-7-3-1-4-8-18)17-27-15-19-9-5-2-6-10-19/h1-10,12-13,20H,14-17H2. The number of nitrogens with zero attached hydrogens (tertiary/aromatic N) is 2. The second-order valence-corrected chi connectivity index (χ2v) is 6.06. The smallest absolute Gasteiger partial charge is 0.358 e. The van der Waals surface area contributed by atoms with Gasteiger partial charge in [-0.1, -0.05) is 60.7 Å². The summed E-state index contributed by atoms with van der Waals surface area (Å²) < 4.78 is 17.0. The number of ether oxygens (including phenoxy) is 3. The molecular formula is C22H21N2O4. The Morgan fingerprint density at radius 3 is 1.96 bits per heavy atom. The van der Waals surface area contributed by atoms with Crippen molar-refractivity contribution >= 4 is 5.97 Å². The van der Waals surface area contributed by atoms with Crippen LogP contribution in [0.5, 0.6) is 0 Å². The van der Waals surface area contributed by atoms with Crippen LogP contribution in [0.3, 0.4) is 0 Å². The highest BCUT2D eigenvalue weighted by Gasteiger charge is 2.18. The Morgan fingerprint density at radius 2 is 1.46 bits per heavy atom. The van der Waals surface area contributed by atoms with E-state index >= 15 is 0 Å². The quantitative estimate of drug-likeness (QED) is 0.505. The van der Waals surface area contributed by atoms with Gasteiger partial charge in [0.1, 0.15) is 12.3 Å². The van der Waals surface area contributed by atoms with Gasteiger partial charge >= 0.3 is 5.97 Å². The highest BCUT2D eigenvalue weighted by molar-refractivity contribution is 5.86. The van der Waals surface area contributed by atoms with Crippen LogP contribution in [-0.4, -0.2) is 35.3 Å². The molecule has 6 nitrogen and oxygen atoms in total. The van der Waals surface area contributed by atoms with E-state index in [0.717, 1.165) is 11.1 Å². The van der Waals surface area contributed by atoms with Gasteiger partial charge in [0.15, 0.2) is 5.69 Å². The van der Waals surface area contributed by atoms with Gasteiger partial charge in [-0.3, -0.25) is 4.98 Å². The predicted molar refractivity (Wildman–Crippen MR) is 102 cm³/mol. The molecule has 0 saturated carbocycles. The van der Waals surface area contributed by atoms with E-state index < -0.39 is 12.1 Å². The Balaban J connectivity index is 1.53. The summed E-state index contributed by atoms with van der Waals surface area (Å²) in [5, 5.41) is 0. The van der Waals surface area contributed by atoms with Gasteiger partial charge in [0.05, 0.1) is 38.8 Å². The number of hydrogen-bond acceptors (Lipinski definition) is 6. The number of hydrogen-bond donors (Lipinski definition) is 0. The highest BCUT2D eigenvalue weighted by Crippen LogP contribution is 2.07. The summed E-state index contributed by atoms with van der Waals surface area (Å²) >= 11 is 0. The van der Waals surface area contributed by atoms with Gasteiger partial charge in [-0.15, -0.1) is 0 Å². The molecule has 6 heteroatoms. The maximum Gasteiger partial charge on any atom is 0.358 e. The number of carbonyl (C=O) groups excluding carboxylic acids is 1. The van der Waals surface area contributed by atoms with Crippen molar-refractivity contribution < 1.29 is 19.0 Å². The third-order valence-electron chi connectivity index (χ3n) is 3.84. The summed E-state index contributed by atoms with van der Waals surface area (Å²) in [5.41, 5.74) is 2.21. The molecule has 1 aromatic heterocycles. The molecule has 3 rings (SSSR count). The fourth-order valence-electron chi connectivity index (χ4n) is 2.46. The van der Waals surface area contributed by atoms with Crippen molar-refractivity contribution in [1.29, 1.82) is 0 Å². The van der Waals surface area contributed by atoms with Gasteiger partial charge < -0.3 is 14.2 Å². The zero-order valence-electron chi connectivity index (χ0n) is 15.4. The van der Waals surface area contributed by atoms with E-state index in [1.54, 1.807) is 0 Å². The van der Waals surface area contributed by atoms with Gasteiger partial charge in [0.25, 0.3) is 0 Å². The molecule has 0 spiro atoms. The molecule has 0 unspecified atom stereocenters. The molecule has 0 N–H and O–H groups in total. The van der Waals surface area contributed by atoms with E-state index in [9.17, 15) is 4.79 Å². The maximum absolute atomic E-state index is 12.3. The fourth-order valence-corrected chi connectivity index (χ4v) is 2.46. The third-order valence-corrected chi connectivity index (χ3v) is 3.84. The number of esters is 1. The largest absolute Gasteiger partial charge is 0.453 e. The maximum atomic E-state index is 12.3. The SMILES string of the molecule is O=C(OC(COCc1ccccc1)COCc1ccccc1)c1cn[c]cn1. The number of aromatic nitrogens is 2. The molecule has 2 aromatic carbocycles. The van der Waals surface area contributed by atoms with Gasteiger partial charge in [0, 0.05) is 0 Å². The zero-order valence-corrected chi connectivity index (χ0v) is 15.4. The molecule has 0 saturated heterocycles. The molecule has 1 radical (unpaired) electrons. The average molecular weight is 377 g/mol. The lowest BCUT2D eigenvalue weighted by atomic mass is 10.2. The predicted octanol–water partition coefficient (Wildman–Crippen LogP) is 3.24. The van der Waals surface area contributed by atoms with Crippen LogP contribution in [0.15, 0.2) is 73.1 Å². The molecule has 0 fully saturated rings. The molecule has 0 aliphatic carbocycles. The van der Waals surface area contributed by atoms with Gasteiger partial charge in [0.2, 0.25) is 0 Å². The van der Waals surface area contributed by atoms with Crippen molar-refractivity contribution in [1.82, 2.24) is 9.97 Å². The molecule has 0 aliphatic heterocycles. The highest BCUT2D eigenvalue weighted by atomic mass is 16.6. The molecule has 0 aliphatic rings. The Morgan fingerprint density at radius 1 is 0.893 bits per heavy atom. The monoisotopic (exact) mass is 377 g/mol. The topological polar surface area (TPSA) is 70.5 Å². The van der Waals surface area contributed by atoms with E-state index in [1.165, 1.54) is 12.4 Å². The molecule has 28 heavy (non-hydrogen) atoms. The van der Waals surface area contributed by atoms with Crippen LogP contribution in [0.2, 0.25) is 0 Å². The average Bonchev–Trinajstić information content (AvgIpc) is 2.75. The first-order valence-electron chi connectivity index (χ1n) is 8.93. The van der Waals surface area contributed by atoms with Gasteiger partial charge in [-0.25, -0.2) is 9.78 Å². The summed E-state index contributed by atoms with van der Waals surface area (Å²) in [7, 11) is 0. The van der Waals surface area contributed by atoms with Crippen LogP contribution < -0.4 is 0 Å². The second kappa shape index (κ2) is 10.9. The number of carbonyl (C=O) groups is 1. The summed E-state index contributed by atoms with van der Waals surface area (Å²) in [6.07, 6.45) is 4.60. The van der Waals surface area contributed by atoms with Gasteiger partial charge in [-0.2, -0.15) is 0 Å². The Hall–Kier alpha value is -3.09. The summed E-state index contributed by atoms with van der Waals surface area (Å²) in [6.45, 7) is 1.27. The Bertz CT molecular complexity index is 783. The van der Waals surface area contributed by atoms with Crippen molar-refractivity contribution in [3.63, 3.8) is 0 Å². The summed E-state index contributed by atoms with van der Waals surface area (Å²) in [4.78, 5) is 20.0. The lowest BCUT2D eigenvalue weighted by Crippen LogP contribution is -2.29. The van der Waals surface area contributed by atoms with Crippen molar-refractivity contribution in [2.24, 2.45) is 0 Å². The van der Waals surface area contributed by atoms with Crippen LogP contribution in [0.4, 0.5) is 0 Å². The Kier molecular flexibility index (Phi) is 7.67. The van der Waals surface area contributed by atoms with E-state index in [1.807, 2.05) is 60.7 Å². The van der Waals surface area contributed by atoms with E-state index in [2.05, 4.69) is 16.2 Å². The minimum absolute atomic E-state index is 0.120. The number of rotatable bonds is 10. The first kappa shape index (κ1) is 19.7. The molecule has 0 bridgehead atoms. The summed E-state index contributed by atoms with van der Waals surface area (Å²) in [5.74, 6) is -0.571. The minimum atomic E-state index is -0.571. The molecule has 1 heterocycles. The Labute approximate surface area is 164 Å². The van der Waals surface area contributed by atoms with Crippen molar-refractivity contribution in [3.05, 3.63) is 96.1 Å². The van der Waals surface area contributed by atoms with E-state index in [-0.39, 0.29) is 18.9 Å². The lowest BCUT2D eigenvalue weighted by molar-refractivity contribution is -0.0465. The molecule has 143 valence electrons. The van der Waals surface area contributed by atoms with Gasteiger partial charge in [-0.05, 0) is 11.1 Å². The van der Waals surface area contributed by atoms with Crippen LogP contribution >= 0.6 is 0 Å². The summed E-state index contributed by atoms with van der Waals surface area (Å²) in [6, 6.07) is 19.6. The number of benzene rings is 2. The van der Waals surface area contributed by atoms with Crippen LogP contribution in [0.25, 0.3) is 0 Å². The van der Waals surface area contributed by atoms with Crippen molar-refractivity contribution in [2.45, 2.75) is 19.3 Å². The first-order chi connectivity index (χ1) is 13.8.